The molecule has 0 spiro atoms. The molecule has 3 fully saturated rings. The largest absolute Gasteiger partial charge is 0.356 e. The van der Waals surface area contributed by atoms with Gasteiger partial charge in [0.25, 0.3) is 0 Å². The number of rotatable bonds is 7. The minimum atomic E-state index is 0.588. The Bertz CT molecular complexity index is 378. The molecule has 1 heterocycles. The van der Waals surface area contributed by atoms with Gasteiger partial charge in [0.05, 0.1) is 0 Å². The van der Waals surface area contributed by atoms with Gasteiger partial charge in [0.2, 0.25) is 0 Å². The van der Waals surface area contributed by atoms with Crippen molar-refractivity contribution >= 4 is 5.96 Å². The van der Waals surface area contributed by atoms with Crippen LogP contribution in [0.25, 0.3) is 0 Å². The van der Waals surface area contributed by atoms with E-state index in [-0.39, 0.29) is 0 Å². The lowest BCUT2D eigenvalue weighted by Crippen LogP contribution is -2.50. The average Bonchev–Trinajstić information content (AvgIpc) is 3.41. The second-order valence-corrected chi connectivity index (χ2v) is 8.40. The van der Waals surface area contributed by atoms with E-state index in [1.54, 1.807) is 0 Å². The number of hydrogen-bond acceptors (Lipinski definition) is 2. The van der Waals surface area contributed by atoms with E-state index < -0.39 is 0 Å². The van der Waals surface area contributed by atoms with Gasteiger partial charge < -0.3 is 15.5 Å². The van der Waals surface area contributed by atoms with E-state index in [1.165, 1.54) is 58.2 Å². The molecule has 3 rings (SSSR count). The molecule has 0 atom stereocenters. The Labute approximate surface area is 142 Å². The number of nitrogens with one attached hydrogen (secondary N) is 2. The Hall–Kier alpha value is -0.770. The number of piperidine rings is 1. The van der Waals surface area contributed by atoms with E-state index in [9.17, 15) is 0 Å². The molecule has 3 aliphatic rings. The minimum absolute atomic E-state index is 0.588. The van der Waals surface area contributed by atoms with Gasteiger partial charge in [-0.3, -0.25) is 4.99 Å². The van der Waals surface area contributed by atoms with Gasteiger partial charge >= 0.3 is 0 Å². The first-order chi connectivity index (χ1) is 11.2. The number of nitrogens with zero attached hydrogens (tertiary/aromatic N) is 2. The first-order valence-corrected chi connectivity index (χ1v) is 9.85. The second-order valence-electron chi connectivity index (χ2n) is 8.40. The molecule has 132 valence electrons. The molecular weight excluding hydrogens is 284 g/mol. The van der Waals surface area contributed by atoms with Gasteiger partial charge in [-0.05, 0) is 62.2 Å². The van der Waals surface area contributed by atoms with E-state index in [0.717, 1.165) is 36.2 Å². The standard InChI is InChI=1S/C19H36N4/c1-14(2)13-23-10-8-17(9-11-23)22-19(20-3)21-12-18(15-4-5-15)16-6-7-16/h14-18H,4-13H2,1-3H3,(H2,20,21,22). The van der Waals surface area contributed by atoms with Crippen molar-refractivity contribution in [3.8, 4) is 0 Å². The maximum Gasteiger partial charge on any atom is 0.191 e. The van der Waals surface area contributed by atoms with Crippen molar-refractivity contribution in [1.82, 2.24) is 15.5 Å². The van der Waals surface area contributed by atoms with Crippen LogP contribution in [0.15, 0.2) is 4.99 Å². The zero-order valence-electron chi connectivity index (χ0n) is 15.4. The zero-order valence-corrected chi connectivity index (χ0v) is 15.4. The Balaban J connectivity index is 1.38. The van der Waals surface area contributed by atoms with E-state index >= 15 is 0 Å². The third-order valence-electron chi connectivity index (χ3n) is 5.74. The fourth-order valence-corrected chi connectivity index (χ4v) is 4.15. The molecule has 4 heteroatoms. The van der Waals surface area contributed by atoms with Gasteiger partial charge in [0, 0.05) is 39.3 Å². The maximum atomic E-state index is 4.46. The predicted molar refractivity (Wildman–Crippen MR) is 97.7 cm³/mol. The highest BCUT2D eigenvalue weighted by Crippen LogP contribution is 2.48. The summed E-state index contributed by atoms with van der Waals surface area (Å²) in [5.41, 5.74) is 0. The summed E-state index contributed by atoms with van der Waals surface area (Å²) < 4.78 is 0. The predicted octanol–water partition coefficient (Wildman–Crippen LogP) is 2.71. The van der Waals surface area contributed by atoms with E-state index in [0.29, 0.717) is 6.04 Å². The fourth-order valence-electron chi connectivity index (χ4n) is 4.15. The van der Waals surface area contributed by atoms with Crippen molar-refractivity contribution in [3.05, 3.63) is 0 Å². The molecule has 0 bridgehead atoms. The number of hydrogen-bond donors (Lipinski definition) is 2. The van der Waals surface area contributed by atoms with Crippen LogP contribution in [0.1, 0.15) is 52.4 Å². The van der Waals surface area contributed by atoms with Crippen LogP contribution in [0.5, 0.6) is 0 Å². The van der Waals surface area contributed by atoms with Gasteiger partial charge in [0.15, 0.2) is 5.96 Å². The van der Waals surface area contributed by atoms with Crippen molar-refractivity contribution in [1.29, 1.82) is 0 Å². The molecule has 4 nitrogen and oxygen atoms in total. The molecule has 2 N–H and O–H groups in total. The van der Waals surface area contributed by atoms with E-state index in [4.69, 9.17) is 0 Å². The van der Waals surface area contributed by atoms with Crippen LogP contribution < -0.4 is 10.6 Å². The molecule has 2 saturated carbocycles. The van der Waals surface area contributed by atoms with Crippen LogP contribution >= 0.6 is 0 Å². The molecule has 2 aliphatic carbocycles. The Morgan fingerprint density at radius 1 is 1.04 bits per heavy atom. The van der Waals surface area contributed by atoms with Gasteiger partial charge in [-0.25, -0.2) is 0 Å². The first-order valence-electron chi connectivity index (χ1n) is 9.85. The first kappa shape index (κ1) is 17.1. The Morgan fingerprint density at radius 2 is 1.65 bits per heavy atom. The summed E-state index contributed by atoms with van der Waals surface area (Å²) in [7, 11) is 1.91. The Kier molecular flexibility index (Phi) is 5.84. The number of guanidine groups is 1. The lowest BCUT2D eigenvalue weighted by Gasteiger charge is -2.34. The monoisotopic (exact) mass is 320 g/mol. The lowest BCUT2D eigenvalue weighted by molar-refractivity contribution is 0.186. The molecule has 0 aromatic carbocycles. The zero-order chi connectivity index (χ0) is 16.2. The third-order valence-corrected chi connectivity index (χ3v) is 5.74. The summed E-state index contributed by atoms with van der Waals surface area (Å²) in [5, 5.41) is 7.29. The van der Waals surface area contributed by atoms with Crippen LogP contribution in [0.4, 0.5) is 0 Å². The van der Waals surface area contributed by atoms with Crippen LogP contribution in [0.3, 0.4) is 0 Å². The molecule has 0 aromatic rings. The topological polar surface area (TPSA) is 39.7 Å². The number of likely N-dealkylation sites (tertiary alicyclic amines) is 1. The van der Waals surface area contributed by atoms with E-state index in [2.05, 4.69) is 34.4 Å². The molecule has 23 heavy (non-hydrogen) atoms. The quantitative estimate of drug-likeness (QED) is 0.560. The summed E-state index contributed by atoms with van der Waals surface area (Å²) in [4.78, 5) is 7.07. The van der Waals surface area contributed by atoms with Crippen molar-refractivity contribution in [3.63, 3.8) is 0 Å². The molecule has 0 radical (unpaired) electrons. The summed E-state index contributed by atoms with van der Waals surface area (Å²) >= 11 is 0. The van der Waals surface area contributed by atoms with Crippen molar-refractivity contribution in [2.75, 3.05) is 33.2 Å². The summed E-state index contributed by atoms with van der Waals surface area (Å²) in [6.07, 6.45) is 8.32. The number of aliphatic imine (C=N–C) groups is 1. The second kappa shape index (κ2) is 7.87. The third kappa shape index (κ3) is 5.37. The van der Waals surface area contributed by atoms with Crippen LogP contribution in [0, 0.1) is 23.7 Å². The minimum Gasteiger partial charge on any atom is -0.356 e. The molecule has 1 saturated heterocycles. The van der Waals surface area contributed by atoms with Crippen molar-refractivity contribution in [2.45, 2.75) is 58.4 Å². The average molecular weight is 321 g/mol. The smallest absolute Gasteiger partial charge is 0.191 e. The Morgan fingerprint density at radius 3 is 2.13 bits per heavy atom. The van der Waals surface area contributed by atoms with Crippen molar-refractivity contribution < 1.29 is 0 Å². The van der Waals surface area contributed by atoms with Crippen LogP contribution in [0.2, 0.25) is 0 Å². The maximum absolute atomic E-state index is 4.46. The van der Waals surface area contributed by atoms with Gasteiger partial charge in [-0.1, -0.05) is 13.8 Å². The molecule has 1 aliphatic heterocycles. The van der Waals surface area contributed by atoms with E-state index in [1.807, 2.05) is 7.05 Å². The van der Waals surface area contributed by atoms with Crippen LogP contribution in [-0.2, 0) is 0 Å². The summed E-state index contributed by atoms with van der Waals surface area (Å²) in [6.45, 7) is 9.43. The van der Waals surface area contributed by atoms with Gasteiger partial charge in [-0.15, -0.1) is 0 Å². The SMILES string of the molecule is CN=C(NCC(C1CC1)C1CC1)NC1CCN(CC(C)C)CC1. The lowest BCUT2D eigenvalue weighted by atomic mass is 9.98. The highest BCUT2D eigenvalue weighted by atomic mass is 15.2. The molecule has 0 aromatic heterocycles. The molecule has 0 unspecified atom stereocenters. The highest BCUT2D eigenvalue weighted by molar-refractivity contribution is 5.80. The van der Waals surface area contributed by atoms with Gasteiger partial charge in [0.1, 0.15) is 0 Å². The molecular formula is C19H36N4. The van der Waals surface area contributed by atoms with Gasteiger partial charge in [-0.2, -0.15) is 0 Å². The summed E-state index contributed by atoms with van der Waals surface area (Å²) in [6, 6.07) is 0.588. The molecule has 0 amide bonds. The van der Waals surface area contributed by atoms with Crippen LogP contribution in [-0.4, -0.2) is 50.1 Å². The summed E-state index contributed by atoms with van der Waals surface area (Å²) in [5.74, 6) is 4.72. The fraction of sp³-hybridized carbons (Fsp3) is 0.947. The highest BCUT2D eigenvalue weighted by Gasteiger charge is 2.41. The van der Waals surface area contributed by atoms with Crippen molar-refractivity contribution in [2.24, 2.45) is 28.7 Å². The normalized spacial score (nSPS) is 24.5.